The zero-order valence-corrected chi connectivity index (χ0v) is 13.8. The number of nitrogens with one attached hydrogen (secondary N) is 1. The maximum atomic E-state index is 6.17. The second-order valence-corrected chi connectivity index (χ2v) is 6.96. The van der Waals surface area contributed by atoms with E-state index in [1.54, 1.807) is 0 Å². The van der Waals surface area contributed by atoms with Crippen LogP contribution >= 0.6 is 0 Å². The molecule has 0 aliphatic carbocycles. The van der Waals surface area contributed by atoms with Crippen molar-refractivity contribution in [2.45, 2.75) is 78.7 Å². The highest BCUT2D eigenvalue weighted by atomic mass is 16.5. The first-order valence-electron chi connectivity index (χ1n) is 8.01. The van der Waals surface area contributed by atoms with Crippen molar-refractivity contribution in [2.24, 2.45) is 5.92 Å². The lowest BCUT2D eigenvalue weighted by molar-refractivity contribution is 0.0141. The minimum atomic E-state index is 0.417. The average molecular weight is 270 g/mol. The van der Waals surface area contributed by atoms with Crippen molar-refractivity contribution in [1.82, 2.24) is 10.2 Å². The number of ether oxygens (including phenoxy) is 1. The normalized spacial score (nSPS) is 24.3. The molecule has 1 heterocycles. The van der Waals surface area contributed by atoms with Gasteiger partial charge in [0.15, 0.2) is 0 Å². The Morgan fingerprint density at radius 1 is 1.05 bits per heavy atom. The van der Waals surface area contributed by atoms with Crippen molar-refractivity contribution < 1.29 is 4.74 Å². The molecule has 1 fully saturated rings. The highest BCUT2D eigenvalue weighted by Crippen LogP contribution is 2.21. The van der Waals surface area contributed by atoms with Crippen LogP contribution in [0, 0.1) is 5.92 Å². The molecule has 3 heteroatoms. The fraction of sp³-hybridized carbons (Fsp3) is 1.00. The molecule has 0 aromatic heterocycles. The summed E-state index contributed by atoms with van der Waals surface area (Å²) in [5.74, 6) is 0.724. The molecular formula is C16H34N2O. The minimum Gasteiger partial charge on any atom is -0.372 e. The smallest absolute Gasteiger partial charge is 0.0707 e. The van der Waals surface area contributed by atoms with Gasteiger partial charge in [0.05, 0.1) is 12.2 Å². The Kier molecular flexibility index (Phi) is 7.33. The molecule has 2 unspecified atom stereocenters. The molecule has 0 radical (unpaired) electrons. The summed E-state index contributed by atoms with van der Waals surface area (Å²) in [6.07, 6.45) is 3.27. The van der Waals surface area contributed by atoms with E-state index in [9.17, 15) is 0 Å². The van der Waals surface area contributed by atoms with Gasteiger partial charge in [-0.2, -0.15) is 0 Å². The predicted octanol–water partition coefficient (Wildman–Crippen LogP) is 2.90. The molecular weight excluding hydrogens is 236 g/mol. The molecule has 0 bridgehead atoms. The zero-order chi connectivity index (χ0) is 14.4. The standard InChI is InChI=1S/C16H34N2O/c1-12(2)10-18(14(5)6)11-16-8-7-15(19-16)9-17-13(3)4/h12-17H,7-11H2,1-6H3. The Bertz CT molecular complexity index is 241. The van der Waals surface area contributed by atoms with Gasteiger partial charge in [0, 0.05) is 31.7 Å². The summed E-state index contributed by atoms with van der Waals surface area (Å²) >= 11 is 0. The van der Waals surface area contributed by atoms with Gasteiger partial charge in [0.1, 0.15) is 0 Å². The molecule has 1 aliphatic heterocycles. The number of nitrogens with zero attached hydrogens (tertiary/aromatic N) is 1. The van der Waals surface area contributed by atoms with Crippen LogP contribution in [0.25, 0.3) is 0 Å². The lowest BCUT2D eigenvalue weighted by Gasteiger charge is -2.30. The van der Waals surface area contributed by atoms with Gasteiger partial charge in [-0.15, -0.1) is 0 Å². The van der Waals surface area contributed by atoms with Crippen LogP contribution in [-0.4, -0.2) is 48.8 Å². The van der Waals surface area contributed by atoms with Crippen molar-refractivity contribution in [3.8, 4) is 0 Å². The van der Waals surface area contributed by atoms with E-state index in [0.717, 1.165) is 19.0 Å². The van der Waals surface area contributed by atoms with Crippen molar-refractivity contribution in [2.75, 3.05) is 19.6 Å². The Hall–Kier alpha value is -0.120. The van der Waals surface area contributed by atoms with Gasteiger partial charge in [0.2, 0.25) is 0 Å². The van der Waals surface area contributed by atoms with Crippen molar-refractivity contribution in [1.29, 1.82) is 0 Å². The van der Waals surface area contributed by atoms with E-state index in [1.807, 2.05) is 0 Å². The third kappa shape index (κ3) is 6.73. The van der Waals surface area contributed by atoms with Gasteiger partial charge in [-0.25, -0.2) is 0 Å². The Morgan fingerprint density at radius 3 is 2.21 bits per heavy atom. The highest BCUT2D eigenvalue weighted by Gasteiger charge is 2.27. The van der Waals surface area contributed by atoms with Gasteiger partial charge in [-0.05, 0) is 32.6 Å². The first-order chi connectivity index (χ1) is 8.88. The zero-order valence-electron chi connectivity index (χ0n) is 13.8. The molecule has 0 amide bonds. The first-order valence-corrected chi connectivity index (χ1v) is 8.01. The van der Waals surface area contributed by atoms with Crippen LogP contribution in [0.4, 0.5) is 0 Å². The van der Waals surface area contributed by atoms with Crippen LogP contribution in [0.1, 0.15) is 54.4 Å². The maximum absolute atomic E-state index is 6.17. The van der Waals surface area contributed by atoms with E-state index in [1.165, 1.54) is 19.4 Å². The van der Waals surface area contributed by atoms with Crippen LogP contribution in [-0.2, 0) is 4.74 Å². The minimum absolute atomic E-state index is 0.417. The summed E-state index contributed by atoms with van der Waals surface area (Å²) < 4.78 is 6.17. The van der Waals surface area contributed by atoms with E-state index in [0.29, 0.717) is 24.3 Å². The summed E-state index contributed by atoms with van der Waals surface area (Å²) in [6.45, 7) is 16.8. The molecule has 0 aromatic carbocycles. The van der Waals surface area contributed by atoms with Gasteiger partial charge in [0.25, 0.3) is 0 Å². The molecule has 0 spiro atoms. The van der Waals surface area contributed by atoms with E-state index in [4.69, 9.17) is 4.74 Å². The summed E-state index contributed by atoms with van der Waals surface area (Å²) in [7, 11) is 0. The van der Waals surface area contributed by atoms with Crippen molar-refractivity contribution in [3.63, 3.8) is 0 Å². The summed E-state index contributed by atoms with van der Waals surface area (Å²) in [5.41, 5.74) is 0. The second-order valence-electron chi connectivity index (χ2n) is 6.96. The van der Waals surface area contributed by atoms with Crippen LogP contribution in [0.2, 0.25) is 0 Å². The molecule has 114 valence electrons. The fourth-order valence-corrected chi connectivity index (χ4v) is 2.66. The van der Waals surface area contributed by atoms with Crippen LogP contribution in [0.5, 0.6) is 0 Å². The Labute approximate surface area is 120 Å². The molecule has 3 nitrogen and oxygen atoms in total. The van der Waals surface area contributed by atoms with Crippen molar-refractivity contribution in [3.05, 3.63) is 0 Å². The fourth-order valence-electron chi connectivity index (χ4n) is 2.66. The first kappa shape index (κ1) is 16.9. The van der Waals surface area contributed by atoms with E-state index in [-0.39, 0.29) is 0 Å². The SMILES string of the molecule is CC(C)CN(CC1CCC(CNC(C)C)O1)C(C)C. The lowest BCUT2D eigenvalue weighted by Crippen LogP contribution is -2.40. The molecule has 19 heavy (non-hydrogen) atoms. The molecule has 0 saturated carbocycles. The Balaban J connectivity index is 2.32. The number of hydrogen-bond acceptors (Lipinski definition) is 3. The molecule has 1 aliphatic rings. The monoisotopic (exact) mass is 270 g/mol. The third-order valence-corrected chi connectivity index (χ3v) is 3.72. The summed E-state index contributed by atoms with van der Waals surface area (Å²) in [6, 6.07) is 1.16. The molecule has 1 N–H and O–H groups in total. The summed E-state index contributed by atoms with van der Waals surface area (Å²) in [5, 5.41) is 3.48. The number of hydrogen-bond donors (Lipinski definition) is 1. The van der Waals surface area contributed by atoms with E-state index < -0.39 is 0 Å². The van der Waals surface area contributed by atoms with Gasteiger partial charge in [-0.3, -0.25) is 4.90 Å². The highest BCUT2D eigenvalue weighted by molar-refractivity contribution is 4.79. The molecule has 2 atom stereocenters. The predicted molar refractivity (Wildman–Crippen MR) is 82.6 cm³/mol. The second kappa shape index (κ2) is 8.23. The molecule has 0 aromatic rings. The van der Waals surface area contributed by atoms with Gasteiger partial charge in [-0.1, -0.05) is 27.7 Å². The van der Waals surface area contributed by atoms with Crippen LogP contribution in [0.3, 0.4) is 0 Å². The van der Waals surface area contributed by atoms with E-state index in [2.05, 4.69) is 51.8 Å². The maximum Gasteiger partial charge on any atom is 0.0707 e. The lowest BCUT2D eigenvalue weighted by atomic mass is 10.1. The molecule has 1 saturated heterocycles. The topological polar surface area (TPSA) is 24.5 Å². The van der Waals surface area contributed by atoms with Crippen molar-refractivity contribution >= 4 is 0 Å². The largest absolute Gasteiger partial charge is 0.372 e. The number of rotatable bonds is 8. The quantitative estimate of drug-likeness (QED) is 0.734. The summed E-state index contributed by atoms with van der Waals surface area (Å²) in [4.78, 5) is 2.56. The van der Waals surface area contributed by atoms with Crippen LogP contribution < -0.4 is 5.32 Å². The van der Waals surface area contributed by atoms with Gasteiger partial charge >= 0.3 is 0 Å². The van der Waals surface area contributed by atoms with E-state index >= 15 is 0 Å². The van der Waals surface area contributed by atoms with Crippen LogP contribution in [0.15, 0.2) is 0 Å². The third-order valence-electron chi connectivity index (χ3n) is 3.72. The molecule has 1 rings (SSSR count). The Morgan fingerprint density at radius 2 is 1.68 bits per heavy atom. The average Bonchev–Trinajstić information content (AvgIpc) is 2.72. The van der Waals surface area contributed by atoms with Gasteiger partial charge < -0.3 is 10.1 Å².